The van der Waals surface area contributed by atoms with Gasteiger partial charge in [0.1, 0.15) is 5.82 Å². The molecule has 3 nitrogen and oxygen atoms in total. The van der Waals surface area contributed by atoms with Gasteiger partial charge in [-0.05, 0) is 17.5 Å². The molecule has 0 aliphatic carbocycles. The molecule has 1 N–H and O–H groups in total. The average Bonchev–Trinajstić information content (AvgIpc) is 2.87. The third-order valence-electron chi connectivity index (χ3n) is 3.63. The van der Waals surface area contributed by atoms with Crippen LogP contribution in [0.15, 0.2) is 36.7 Å². The lowest BCUT2D eigenvalue weighted by molar-refractivity contribution is 0.472. The van der Waals surface area contributed by atoms with Crippen LogP contribution in [0.4, 0.5) is 0 Å². The maximum Gasteiger partial charge on any atom is 0.109 e. The number of benzene rings is 1. The van der Waals surface area contributed by atoms with Crippen LogP contribution in [0.3, 0.4) is 0 Å². The summed E-state index contributed by atoms with van der Waals surface area (Å²) >= 11 is 0. The summed E-state index contributed by atoms with van der Waals surface area (Å²) in [5.41, 5.74) is 2.84. The van der Waals surface area contributed by atoms with Gasteiger partial charge in [-0.3, -0.25) is 0 Å². The van der Waals surface area contributed by atoms with Crippen molar-refractivity contribution in [3.05, 3.63) is 53.6 Å². The van der Waals surface area contributed by atoms with Crippen LogP contribution in [0.1, 0.15) is 36.3 Å². The van der Waals surface area contributed by atoms with Crippen LogP contribution >= 0.6 is 0 Å². The van der Waals surface area contributed by atoms with Crippen molar-refractivity contribution in [2.75, 3.05) is 6.54 Å². The Morgan fingerprint density at radius 1 is 1.39 bits per heavy atom. The smallest absolute Gasteiger partial charge is 0.109 e. The number of hydrogen-bond donors (Lipinski definition) is 1. The van der Waals surface area contributed by atoms with E-state index in [1.807, 2.05) is 6.20 Å². The molecule has 3 rings (SSSR count). The SMILES string of the molecule is CCCc1nccn1C1CNCc2ccccc21. The molecule has 0 spiro atoms. The Balaban J connectivity index is 2.00. The molecule has 2 aromatic rings. The van der Waals surface area contributed by atoms with E-state index in [0.717, 1.165) is 25.9 Å². The first-order chi connectivity index (χ1) is 8.90. The van der Waals surface area contributed by atoms with Crippen molar-refractivity contribution < 1.29 is 0 Å². The minimum absolute atomic E-state index is 0.388. The van der Waals surface area contributed by atoms with Crippen LogP contribution in [0.5, 0.6) is 0 Å². The number of fused-ring (bicyclic) bond motifs is 1. The Labute approximate surface area is 108 Å². The standard InChI is InChI=1S/C15H19N3/c1-2-5-15-17-8-9-18(15)14-11-16-10-12-6-3-4-7-13(12)14/h3-4,6-9,14,16H,2,5,10-11H2,1H3. The fourth-order valence-corrected chi connectivity index (χ4v) is 2.77. The van der Waals surface area contributed by atoms with Crippen molar-refractivity contribution in [3.8, 4) is 0 Å². The molecule has 0 radical (unpaired) electrons. The van der Waals surface area contributed by atoms with Crippen LogP contribution in [0.2, 0.25) is 0 Å². The molecule has 1 atom stereocenters. The highest BCUT2D eigenvalue weighted by Crippen LogP contribution is 2.26. The summed E-state index contributed by atoms with van der Waals surface area (Å²) in [7, 11) is 0. The summed E-state index contributed by atoms with van der Waals surface area (Å²) < 4.78 is 2.33. The van der Waals surface area contributed by atoms with E-state index in [1.54, 1.807) is 0 Å². The van der Waals surface area contributed by atoms with Crippen LogP contribution in [-0.2, 0) is 13.0 Å². The van der Waals surface area contributed by atoms with Crippen molar-refractivity contribution >= 4 is 0 Å². The van der Waals surface area contributed by atoms with Crippen molar-refractivity contribution in [1.82, 2.24) is 14.9 Å². The molecule has 1 aliphatic rings. The summed E-state index contributed by atoms with van der Waals surface area (Å²) in [6.07, 6.45) is 6.21. The van der Waals surface area contributed by atoms with Gasteiger partial charge in [0.15, 0.2) is 0 Å². The van der Waals surface area contributed by atoms with Crippen molar-refractivity contribution in [2.24, 2.45) is 0 Å². The molecule has 0 saturated heterocycles. The Bertz CT molecular complexity index is 530. The topological polar surface area (TPSA) is 29.9 Å². The molecule has 0 bridgehead atoms. The maximum absolute atomic E-state index is 4.49. The van der Waals surface area contributed by atoms with Gasteiger partial charge in [-0.15, -0.1) is 0 Å². The average molecular weight is 241 g/mol. The number of aromatic nitrogens is 2. The zero-order valence-electron chi connectivity index (χ0n) is 10.8. The van der Waals surface area contributed by atoms with Gasteiger partial charge in [-0.2, -0.15) is 0 Å². The van der Waals surface area contributed by atoms with Gasteiger partial charge in [0.2, 0.25) is 0 Å². The molecule has 18 heavy (non-hydrogen) atoms. The Morgan fingerprint density at radius 3 is 3.17 bits per heavy atom. The van der Waals surface area contributed by atoms with Crippen molar-refractivity contribution in [2.45, 2.75) is 32.4 Å². The van der Waals surface area contributed by atoms with Crippen LogP contribution in [0, 0.1) is 0 Å². The van der Waals surface area contributed by atoms with E-state index in [4.69, 9.17) is 0 Å². The highest BCUT2D eigenvalue weighted by atomic mass is 15.1. The molecule has 0 amide bonds. The second-order valence-corrected chi connectivity index (χ2v) is 4.85. The zero-order chi connectivity index (χ0) is 12.4. The number of rotatable bonds is 3. The number of aryl methyl sites for hydroxylation is 1. The predicted molar refractivity (Wildman–Crippen MR) is 72.5 cm³/mol. The van der Waals surface area contributed by atoms with Crippen molar-refractivity contribution in [3.63, 3.8) is 0 Å². The molecule has 1 unspecified atom stereocenters. The van der Waals surface area contributed by atoms with E-state index in [-0.39, 0.29) is 0 Å². The number of imidazole rings is 1. The fraction of sp³-hybridized carbons (Fsp3) is 0.400. The molecule has 1 aromatic carbocycles. The molecule has 2 heterocycles. The Hall–Kier alpha value is -1.61. The van der Waals surface area contributed by atoms with Gasteiger partial charge in [0, 0.05) is 31.9 Å². The molecular weight excluding hydrogens is 222 g/mol. The monoisotopic (exact) mass is 241 g/mol. The predicted octanol–water partition coefficient (Wildman–Crippen LogP) is 2.53. The second kappa shape index (κ2) is 4.94. The van der Waals surface area contributed by atoms with Crippen molar-refractivity contribution in [1.29, 1.82) is 0 Å². The largest absolute Gasteiger partial charge is 0.326 e. The summed E-state index contributed by atoms with van der Waals surface area (Å²) in [4.78, 5) is 4.49. The van der Waals surface area contributed by atoms with E-state index in [2.05, 4.69) is 52.3 Å². The van der Waals surface area contributed by atoms with Crippen LogP contribution < -0.4 is 5.32 Å². The number of hydrogen-bond acceptors (Lipinski definition) is 2. The van der Waals surface area contributed by atoms with Crippen LogP contribution in [-0.4, -0.2) is 16.1 Å². The molecule has 0 saturated carbocycles. The Kier molecular flexibility index (Phi) is 3.15. The van der Waals surface area contributed by atoms with Gasteiger partial charge in [0.25, 0.3) is 0 Å². The zero-order valence-corrected chi connectivity index (χ0v) is 10.8. The first-order valence-corrected chi connectivity index (χ1v) is 6.70. The Morgan fingerprint density at radius 2 is 2.28 bits per heavy atom. The maximum atomic E-state index is 4.49. The molecule has 94 valence electrons. The second-order valence-electron chi connectivity index (χ2n) is 4.85. The van der Waals surface area contributed by atoms with E-state index in [1.165, 1.54) is 17.0 Å². The summed E-state index contributed by atoms with van der Waals surface area (Å²) in [5, 5.41) is 3.50. The highest BCUT2D eigenvalue weighted by Gasteiger charge is 2.22. The molecule has 3 heteroatoms. The summed E-state index contributed by atoms with van der Waals surface area (Å²) in [6, 6.07) is 9.10. The van der Waals surface area contributed by atoms with Gasteiger partial charge >= 0.3 is 0 Å². The van der Waals surface area contributed by atoms with Gasteiger partial charge in [-0.25, -0.2) is 4.98 Å². The minimum atomic E-state index is 0.388. The van der Waals surface area contributed by atoms with Gasteiger partial charge in [0.05, 0.1) is 6.04 Å². The van der Waals surface area contributed by atoms with E-state index in [0.29, 0.717) is 6.04 Å². The number of nitrogens with zero attached hydrogens (tertiary/aromatic N) is 2. The van der Waals surface area contributed by atoms with E-state index in [9.17, 15) is 0 Å². The lowest BCUT2D eigenvalue weighted by Gasteiger charge is -2.28. The van der Waals surface area contributed by atoms with Crippen LogP contribution in [0.25, 0.3) is 0 Å². The summed E-state index contributed by atoms with van der Waals surface area (Å²) in [5.74, 6) is 1.20. The first kappa shape index (κ1) is 11.5. The number of nitrogens with one attached hydrogen (secondary N) is 1. The highest BCUT2D eigenvalue weighted by molar-refractivity contribution is 5.33. The normalized spacial score (nSPS) is 18.6. The quantitative estimate of drug-likeness (QED) is 0.895. The van der Waals surface area contributed by atoms with E-state index < -0.39 is 0 Å². The molecule has 1 aliphatic heterocycles. The molecule has 1 aromatic heterocycles. The minimum Gasteiger partial charge on any atom is -0.326 e. The lowest BCUT2D eigenvalue weighted by Crippen LogP contribution is -2.32. The van der Waals surface area contributed by atoms with E-state index >= 15 is 0 Å². The molecule has 0 fully saturated rings. The lowest BCUT2D eigenvalue weighted by atomic mass is 9.96. The first-order valence-electron chi connectivity index (χ1n) is 6.70. The van der Waals surface area contributed by atoms with Gasteiger partial charge < -0.3 is 9.88 Å². The van der Waals surface area contributed by atoms with Gasteiger partial charge in [-0.1, -0.05) is 31.2 Å². The third-order valence-corrected chi connectivity index (χ3v) is 3.63. The fourth-order valence-electron chi connectivity index (χ4n) is 2.77. The summed E-state index contributed by atoms with van der Waals surface area (Å²) in [6.45, 7) is 4.17. The third kappa shape index (κ3) is 1.95. The molecular formula is C15H19N3.